The van der Waals surface area contributed by atoms with Crippen molar-refractivity contribution in [2.75, 3.05) is 0 Å². The third-order valence-electron chi connectivity index (χ3n) is 3.55. The van der Waals surface area contributed by atoms with Gasteiger partial charge in [-0.25, -0.2) is 0 Å². The van der Waals surface area contributed by atoms with Crippen molar-refractivity contribution in [3.05, 3.63) is 34.3 Å². The summed E-state index contributed by atoms with van der Waals surface area (Å²) in [5, 5.41) is 17.6. The number of carboxylic acid groups (broad SMARTS) is 2. The highest BCUT2D eigenvalue weighted by molar-refractivity contribution is 6.31. The lowest BCUT2D eigenvalue weighted by atomic mass is 9.74. The molecule has 0 amide bonds. The average Bonchev–Trinajstić information content (AvgIpc) is 2.35. The predicted octanol–water partition coefficient (Wildman–Crippen LogP) is 3.64. The van der Waals surface area contributed by atoms with Crippen LogP contribution in [-0.2, 0) is 15.8 Å². The zero-order valence-electron chi connectivity index (χ0n) is 11.0. The van der Waals surface area contributed by atoms with E-state index in [1.54, 1.807) is 0 Å². The van der Waals surface area contributed by atoms with E-state index in [0.29, 0.717) is 6.07 Å². The lowest BCUT2D eigenvalue weighted by Gasteiger charge is -2.28. The van der Waals surface area contributed by atoms with Crippen LogP contribution in [0.15, 0.2) is 18.2 Å². The van der Waals surface area contributed by atoms with Crippen LogP contribution in [0.5, 0.6) is 0 Å². The molecule has 1 aromatic rings. The van der Waals surface area contributed by atoms with Crippen molar-refractivity contribution in [1.82, 2.24) is 0 Å². The highest BCUT2D eigenvalue weighted by atomic mass is 35.5. The molecule has 8 heteroatoms. The van der Waals surface area contributed by atoms with Crippen LogP contribution in [0.1, 0.15) is 30.9 Å². The van der Waals surface area contributed by atoms with Crippen molar-refractivity contribution < 1.29 is 33.0 Å². The maximum Gasteiger partial charge on any atom is 0.417 e. The van der Waals surface area contributed by atoms with Gasteiger partial charge in [-0.15, -0.1) is 0 Å². The molecule has 21 heavy (non-hydrogen) atoms. The molecule has 1 rings (SSSR count). The number of carbonyl (C=O) groups is 2. The molecule has 0 spiro atoms. The van der Waals surface area contributed by atoms with E-state index in [1.165, 1.54) is 13.0 Å². The molecule has 0 saturated carbocycles. The quantitative estimate of drug-likeness (QED) is 0.829. The molecule has 0 saturated heterocycles. The van der Waals surface area contributed by atoms with Gasteiger partial charge in [0.15, 0.2) is 5.41 Å². The topological polar surface area (TPSA) is 74.6 Å². The van der Waals surface area contributed by atoms with Crippen molar-refractivity contribution in [3.8, 4) is 0 Å². The molecular formula is C13H12ClF3O4. The molecule has 1 atom stereocenters. The first-order valence-corrected chi connectivity index (χ1v) is 6.13. The van der Waals surface area contributed by atoms with Crippen molar-refractivity contribution in [3.63, 3.8) is 0 Å². The molecule has 0 aliphatic carbocycles. The Morgan fingerprint density at radius 1 is 1.19 bits per heavy atom. The maximum absolute atomic E-state index is 12.8. The largest absolute Gasteiger partial charge is 0.480 e. The minimum atomic E-state index is -4.71. The number of hydrogen-bond donors (Lipinski definition) is 2. The molecule has 0 fully saturated rings. The Hall–Kier alpha value is -1.76. The maximum atomic E-state index is 12.8. The third kappa shape index (κ3) is 3.12. The molecule has 0 aliphatic heterocycles. The average molecular weight is 325 g/mol. The number of halogens is 4. The van der Waals surface area contributed by atoms with Crippen LogP contribution >= 0.6 is 11.6 Å². The van der Waals surface area contributed by atoms with Crippen LogP contribution in [-0.4, -0.2) is 22.2 Å². The number of hydrogen-bond acceptors (Lipinski definition) is 2. The Morgan fingerprint density at radius 3 is 2.05 bits per heavy atom. The van der Waals surface area contributed by atoms with Crippen LogP contribution in [0.2, 0.25) is 5.02 Å². The summed E-state index contributed by atoms with van der Waals surface area (Å²) in [6, 6.07) is 2.84. The summed E-state index contributed by atoms with van der Waals surface area (Å²) in [6.07, 6.45) is -4.71. The molecule has 4 nitrogen and oxygen atoms in total. The van der Waals surface area contributed by atoms with Crippen molar-refractivity contribution in [2.45, 2.75) is 25.9 Å². The van der Waals surface area contributed by atoms with E-state index in [0.717, 1.165) is 13.0 Å². The molecule has 116 valence electrons. The van der Waals surface area contributed by atoms with Crippen molar-refractivity contribution >= 4 is 23.5 Å². The van der Waals surface area contributed by atoms with Gasteiger partial charge in [0.2, 0.25) is 0 Å². The van der Waals surface area contributed by atoms with Crippen LogP contribution in [0.25, 0.3) is 0 Å². The van der Waals surface area contributed by atoms with Gasteiger partial charge in [0.1, 0.15) is 0 Å². The minimum absolute atomic E-state index is 0.0703. The monoisotopic (exact) mass is 324 g/mol. The Morgan fingerprint density at radius 2 is 1.67 bits per heavy atom. The van der Waals surface area contributed by atoms with Gasteiger partial charge < -0.3 is 10.2 Å². The summed E-state index contributed by atoms with van der Waals surface area (Å²) in [4.78, 5) is 22.4. The van der Waals surface area contributed by atoms with Crippen LogP contribution < -0.4 is 0 Å². The highest BCUT2D eigenvalue weighted by Gasteiger charge is 2.47. The van der Waals surface area contributed by atoms with Gasteiger partial charge in [0.25, 0.3) is 0 Å². The Kier molecular flexibility index (Phi) is 4.57. The Balaban J connectivity index is 3.41. The van der Waals surface area contributed by atoms with Crippen molar-refractivity contribution in [1.29, 1.82) is 0 Å². The summed E-state index contributed by atoms with van der Waals surface area (Å²) < 4.78 is 38.4. The number of carboxylic acids is 2. The summed E-state index contributed by atoms with van der Waals surface area (Å²) in [5.74, 6) is -4.46. The van der Waals surface area contributed by atoms with E-state index in [2.05, 4.69) is 0 Å². The molecule has 1 aromatic carbocycles. The van der Waals surface area contributed by atoms with Gasteiger partial charge in [-0.3, -0.25) is 9.59 Å². The number of rotatable bonds is 4. The number of benzene rings is 1. The predicted molar refractivity (Wildman–Crippen MR) is 68.2 cm³/mol. The fourth-order valence-corrected chi connectivity index (χ4v) is 2.05. The van der Waals surface area contributed by atoms with Crippen LogP contribution in [0.3, 0.4) is 0 Å². The fourth-order valence-electron chi connectivity index (χ4n) is 1.82. The molecule has 1 unspecified atom stereocenters. The second-order valence-electron chi connectivity index (χ2n) is 4.77. The molecule has 2 N–H and O–H groups in total. The van der Waals surface area contributed by atoms with Crippen LogP contribution in [0.4, 0.5) is 13.2 Å². The van der Waals surface area contributed by atoms with Gasteiger partial charge in [-0.05, 0) is 24.6 Å². The molecule has 0 heterocycles. The highest BCUT2D eigenvalue weighted by Crippen LogP contribution is 2.41. The van der Waals surface area contributed by atoms with Crippen molar-refractivity contribution in [2.24, 2.45) is 5.41 Å². The number of alkyl halides is 3. The first-order valence-electron chi connectivity index (χ1n) is 5.75. The Bertz CT molecular complexity index is 569. The van der Waals surface area contributed by atoms with Crippen LogP contribution in [0, 0.1) is 5.41 Å². The summed E-state index contributed by atoms with van der Waals surface area (Å²) in [5.41, 5.74) is -3.46. The zero-order chi connectivity index (χ0) is 16.6. The lowest BCUT2D eigenvalue weighted by molar-refractivity contribution is -0.164. The van der Waals surface area contributed by atoms with Gasteiger partial charge in [-0.1, -0.05) is 24.6 Å². The Labute approximate surface area is 123 Å². The van der Waals surface area contributed by atoms with E-state index in [9.17, 15) is 22.8 Å². The zero-order valence-corrected chi connectivity index (χ0v) is 11.8. The smallest absolute Gasteiger partial charge is 0.417 e. The van der Waals surface area contributed by atoms with Gasteiger partial charge in [0, 0.05) is 5.92 Å². The SMILES string of the molecule is CC(c1ccc(Cl)c(C(F)(F)F)c1)C(C)(C(=O)O)C(=O)O. The molecule has 0 radical (unpaired) electrons. The molecule has 0 aromatic heterocycles. The second-order valence-corrected chi connectivity index (χ2v) is 5.18. The fraction of sp³-hybridized carbons (Fsp3) is 0.385. The van der Waals surface area contributed by atoms with Gasteiger partial charge in [-0.2, -0.15) is 13.2 Å². The number of aliphatic carboxylic acids is 2. The normalized spacial score (nSPS) is 13.8. The van der Waals surface area contributed by atoms with E-state index in [-0.39, 0.29) is 5.56 Å². The van der Waals surface area contributed by atoms with Gasteiger partial charge >= 0.3 is 18.1 Å². The summed E-state index contributed by atoms with van der Waals surface area (Å²) >= 11 is 5.47. The lowest BCUT2D eigenvalue weighted by Crippen LogP contribution is -2.41. The molecular weight excluding hydrogens is 313 g/mol. The first kappa shape index (κ1) is 17.3. The summed E-state index contributed by atoms with van der Waals surface area (Å²) in [6.45, 7) is 2.19. The van der Waals surface area contributed by atoms with E-state index in [1.807, 2.05) is 0 Å². The van der Waals surface area contributed by atoms with E-state index < -0.39 is 40.0 Å². The molecule has 0 aliphatic rings. The summed E-state index contributed by atoms with van der Waals surface area (Å²) in [7, 11) is 0. The van der Waals surface area contributed by atoms with Gasteiger partial charge in [0.05, 0.1) is 10.6 Å². The van der Waals surface area contributed by atoms with E-state index in [4.69, 9.17) is 21.8 Å². The second kappa shape index (κ2) is 5.55. The third-order valence-corrected chi connectivity index (χ3v) is 3.88. The standard InChI is InChI=1S/C13H12ClF3O4/c1-6(12(2,10(18)19)11(20)21)7-3-4-9(14)8(5-7)13(15,16)17/h3-6H,1-2H3,(H,18,19)(H,20,21). The van der Waals surface area contributed by atoms with E-state index >= 15 is 0 Å². The molecule has 0 bridgehead atoms. The first-order chi connectivity index (χ1) is 9.42. The minimum Gasteiger partial charge on any atom is -0.480 e.